The molecule has 0 saturated heterocycles. The van der Waals surface area contributed by atoms with Crippen molar-refractivity contribution >= 4 is 29.7 Å². The largest absolute Gasteiger partial charge is 0.492 e. The Morgan fingerprint density at radius 3 is 2.73 bits per heavy atom. The number of nitrogens with two attached hydrogens (primary N) is 2. The van der Waals surface area contributed by atoms with Gasteiger partial charge in [-0.25, -0.2) is 4.39 Å². The lowest BCUT2D eigenvalue weighted by molar-refractivity contribution is -0.123. The van der Waals surface area contributed by atoms with Crippen molar-refractivity contribution in [1.82, 2.24) is 14.8 Å². The second-order valence-corrected chi connectivity index (χ2v) is 6.63. The van der Waals surface area contributed by atoms with Gasteiger partial charge in [-0.1, -0.05) is 0 Å². The van der Waals surface area contributed by atoms with Crippen LogP contribution in [0.1, 0.15) is 23.2 Å². The van der Waals surface area contributed by atoms with Crippen molar-refractivity contribution in [3.05, 3.63) is 54.2 Å². The molecule has 0 aliphatic rings. The van der Waals surface area contributed by atoms with Crippen molar-refractivity contribution in [3.63, 3.8) is 0 Å². The molecule has 3 rings (SSSR count). The van der Waals surface area contributed by atoms with E-state index in [2.05, 4.69) is 15.4 Å². The summed E-state index contributed by atoms with van der Waals surface area (Å²) in [6.07, 6.45) is 5.33. The molecule has 0 aliphatic carbocycles. The first-order valence-electron chi connectivity index (χ1n) is 9.58. The number of primary amides is 1. The number of carboxylic acid groups (broad SMARTS) is 1. The third-order valence-corrected chi connectivity index (χ3v) is 4.27. The molecule has 0 saturated carbocycles. The number of hydrogen-bond donors (Lipinski definition) is 4. The Balaban J connectivity index is 0.00000122. The number of nitrogen functional groups attached to an aromatic ring is 1. The van der Waals surface area contributed by atoms with Gasteiger partial charge in [-0.3, -0.25) is 24.0 Å². The Hall–Kier alpha value is -4.48. The van der Waals surface area contributed by atoms with Crippen LogP contribution in [0.2, 0.25) is 0 Å². The number of carbonyl (C=O) groups is 3. The van der Waals surface area contributed by atoms with Gasteiger partial charge in [0.15, 0.2) is 5.75 Å². The smallest absolute Gasteiger partial charge is 0.290 e. The number of benzene rings is 1. The lowest BCUT2D eigenvalue weighted by atomic mass is 10.1. The van der Waals surface area contributed by atoms with Gasteiger partial charge < -0.3 is 26.6 Å². The first kappa shape index (κ1) is 24.8. The average molecular weight is 458 g/mol. The molecule has 2 amide bonds. The van der Waals surface area contributed by atoms with Crippen molar-refractivity contribution in [2.24, 2.45) is 5.73 Å². The molecule has 0 bridgehead atoms. The molecule has 0 atom stereocenters. The summed E-state index contributed by atoms with van der Waals surface area (Å²) in [6, 6.07) is 5.43. The predicted molar refractivity (Wildman–Crippen MR) is 118 cm³/mol. The minimum atomic E-state index is -0.605. The van der Waals surface area contributed by atoms with Crippen LogP contribution >= 0.6 is 0 Å². The molecule has 11 nitrogen and oxygen atoms in total. The highest BCUT2D eigenvalue weighted by Crippen LogP contribution is 2.33. The first-order valence-corrected chi connectivity index (χ1v) is 9.58. The van der Waals surface area contributed by atoms with Crippen molar-refractivity contribution in [2.75, 3.05) is 18.2 Å². The summed E-state index contributed by atoms with van der Waals surface area (Å²) in [6.45, 7) is 0.226. The molecule has 2 heterocycles. The molecule has 174 valence electrons. The normalized spacial score (nSPS) is 10.0. The Labute approximate surface area is 188 Å². The van der Waals surface area contributed by atoms with Crippen LogP contribution in [-0.4, -0.2) is 45.3 Å². The summed E-state index contributed by atoms with van der Waals surface area (Å²) >= 11 is 0. The van der Waals surface area contributed by atoms with Gasteiger partial charge in [-0.2, -0.15) is 5.10 Å². The molecule has 0 fully saturated rings. The van der Waals surface area contributed by atoms with Crippen molar-refractivity contribution in [3.8, 4) is 17.0 Å². The van der Waals surface area contributed by atoms with E-state index in [1.165, 1.54) is 31.6 Å². The van der Waals surface area contributed by atoms with Crippen molar-refractivity contribution < 1.29 is 28.6 Å². The number of hydrogen-bond acceptors (Lipinski definition) is 7. The molecule has 0 aliphatic heterocycles. The summed E-state index contributed by atoms with van der Waals surface area (Å²) in [7, 11) is 1.44. The third kappa shape index (κ3) is 7.02. The number of methoxy groups -OCH3 is 1. The van der Waals surface area contributed by atoms with Crippen LogP contribution in [0.15, 0.2) is 42.9 Å². The predicted octanol–water partition coefficient (Wildman–Crippen LogP) is 1.89. The Bertz CT molecular complexity index is 1130. The van der Waals surface area contributed by atoms with Gasteiger partial charge in [0.25, 0.3) is 12.4 Å². The number of halogens is 1. The van der Waals surface area contributed by atoms with E-state index in [0.717, 1.165) is 6.07 Å². The van der Waals surface area contributed by atoms with Gasteiger partial charge in [0.2, 0.25) is 5.91 Å². The zero-order valence-corrected chi connectivity index (χ0v) is 17.7. The molecule has 3 aromatic rings. The lowest BCUT2D eigenvalue weighted by Crippen LogP contribution is -2.12. The standard InChI is InChI=1S/C20H21FN6O3.CH2O2/c1-30-19-16(22)4-5-24-18(19)12-7-13(9-14(21)8-12)20(29)26-15-10-25-27(11-15)6-2-3-17(23)28;2-1-3/h4-5,7-11H,2-3,6H2,1H3,(H2,22,24)(H2,23,28)(H,26,29);1H,(H,2,3). The molecule has 6 N–H and O–H groups in total. The van der Waals surface area contributed by atoms with Crippen molar-refractivity contribution in [1.29, 1.82) is 0 Å². The number of ether oxygens (including phenoxy) is 1. The second kappa shape index (κ2) is 11.8. The summed E-state index contributed by atoms with van der Waals surface area (Å²) in [5.41, 5.74) is 12.6. The third-order valence-electron chi connectivity index (χ3n) is 4.27. The van der Waals surface area contributed by atoms with E-state index in [4.69, 9.17) is 26.1 Å². The minimum absolute atomic E-state index is 0.0951. The van der Waals surface area contributed by atoms with Gasteiger partial charge in [-0.15, -0.1) is 0 Å². The highest BCUT2D eigenvalue weighted by molar-refractivity contribution is 6.05. The monoisotopic (exact) mass is 458 g/mol. The topological polar surface area (TPSA) is 175 Å². The number of nitrogens with zero attached hydrogens (tertiary/aromatic N) is 3. The molecule has 0 radical (unpaired) electrons. The van der Waals surface area contributed by atoms with E-state index in [0.29, 0.717) is 41.3 Å². The number of amides is 2. The number of anilines is 2. The highest BCUT2D eigenvalue weighted by atomic mass is 19.1. The van der Waals surface area contributed by atoms with Gasteiger partial charge in [0, 0.05) is 36.5 Å². The first-order chi connectivity index (χ1) is 15.8. The lowest BCUT2D eigenvalue weighted by Gasteiger charge is -2.11. The Kier molecular flexibility index (Phi) is 8.85. The van der Waals surface area contributed by atoms with Gasteiger partial charge in [0.1, 0.15) is 11.5 Å². The van der Waals surface area contributed by atoms with Gasteiger partial charge in [0.05, 0.1) is 24.7 Å². The zero-order chi connectivity index (χ0) is 24.4. The van der Waals surface area contributed by atoms with E-state index < -0.39 is 11.7 Å². The number of pyridine rings is 1. The van der Waals surface area contributed by atoms with Gasteiger partial charge >= 0.3 is 0 Å². The molecule has 0 spiro atoms. The summed E-state index contributed by atoms with van der Waals surface area (Å²) in [5, 5.41) is 13.7. The van der Waals surface area contributed by atoms with Crippen LogP contribution in [0, 0.1) is 5.82 Å². The maximum absolute atomic E-state index is 14.2. The van der Waals surface area contributed by atoms with Crippen LogP contribution in [0.25, 0.3) is 11.3 Å². The summed E-state index contributed by atoms with van der Waals surface area (Å²) in [5.74, 6) is -1.21. The molecular weight excluding hydrogens is 435 g/mol. The average Bonchev–Trinajstić information content (AvgIpc) is 3.20. The minimum Gasteiger partial charge on any atom is -0.492 e. The number of aromatic nitrogens is 3. The van der Waals surface area contributed by atoms with Gasteiger partial charge in [-0.05, 0) is 30.7 Å². The molecule has 0 unspecified atom stereocenters. The van der Waals surface area contributed by atoms with E-state index in [9.17, 15) is 14.0 Å². The van der Waals surface area contributed by atoms with Crippen LogP contribution in [0.4, 0.5) is 15.8 Å². The molecule has 12 heteroatoms. The summed E-state index contributed by atoms with van der Waals surface area (Å²) < 4.78 is 21.1. The fourth-order valence-electron chi connectivity index (χ4n) is 2.91. The van der Waals surface area contributed by atoms with E-state index in [1.807, 2.05) is 0 Å². The summed E-state index contributed by atoms with van der Waals surface area (Å²) in [4.78, 5) is 36.0. The van der Waals surface area contributed by atoms with Crippen molar-refractivity contribution in [2.45, 2.75) is 19.4 Å². The number of carbonyl (C=O) groups excluding carboxylic acids is 2. The number of aryl methyl sites for hydroxylation is 1. The number of rotatable bonds is 8. The quantitative estimate of drug-likeness (QED) is 0.370. The SMILES string of the molecule is COc1c(N)ccnc1-c1cc(F)cc(C(=O)Nc2cnn(CCCC(N)=O)c2)c1.O=CO. The maximum Gasteiger partial charge on any atom is 0.290 e. The number of nitrogens with one attached hydrogen (secondary N) is 1. The molecule has 33 heavy (non-hydrogen) atoms. The van der Waals surface area contributed by atoms with Crippen LogP contribution < -0.4 is 21.5 Å². The molecule has 1 aromatic carbocycles. The second-order valence-electron chi connectivity index (χ2n) is 6.63. The Morgan fingerprint density at radius 1 is 1.33 bits per heavy atom. The van der Waals surface area contributed by atoms with Crippen LogP contribution in [-0.2, 0) is 16.1 Å². The maximum atomic E-state index is 14.2. The van der Waals surface area contributed by atoms with Crippen LogP contribution in [0.3, 0.4) is 0 Å². The van der Waals surface area contributed by atoms with E-state index in [1.54, 1.807) is 16.9 Å². The zero-order valence-electron chi connectivity index (χ0n) is 17.7. The highest BCUT2D eigenvalue weighted by Gasteiger charge is 2.16. The molecular formula is C21H23FN6O5. The molecule has 2 aromatic heterocycles. The fourth-order valence-corrected chi connectivity index (χ4v) is 2.91. The Morgan fingerprint density at radius 2 is 2.06 bits per heavy atom. The van der Waals surface area contributed by atoms with E-state index >= 15 is 0 Å². The fraction of sp³-hybridized carbons (Fsp3) is 0.190. The van der Waals surface area contributed by atoms with E-state index in [-0.39, 0.29) is 24.4 Å². The van der Waals surface area contributed by atoms with Crippen LogP contribution in [0.5, 0.6) is 5.75 Å².